The lowest BCUT2D eigenvalue weighted by Crippen LogP contribution is -1.97. The number of hydrogen-bond acceptors (Lipinski definition) is 0. The Kier molecular flexibility index (Phi) is 4.10. The van der Waals surface area contributed by atoms with Crippen LogP contribution in [0.15, 0.2) is 42.5 Å². The van der Waals surface area contributed by atoms with E-state index < -0.39 is 0 Å². The standard InChI is InChI=1S/C15H14ClI/c1-10-6-7-11(2)14(8-10)15(16)12-4-3-5-13(17)9-12/h3-9,15H,1-2H3. The lowest BCUT2D eigenvalue weighted by molar-refractivity contribution is 1.10. The minimum absolute atomic E-state index is 0.0652. The van der Waals surface area contributed by atoms with E-state index in [9.17, 15) is 0 Å². The minimum Gasteiger partial charge on any atom is -0.113 e. The van der Waals surface area contributed by atoms with Gasteiger partial charge in [-0.3, -0.25) is 0 Å². The van der Waals surface area contributed by atoms with Crippen LogP contribution in [0.4, 0.5) is 0 Å². The molecule has 2 aromatic rings. The van der Waals surface area contributed by atoms with Crippen molar-refractivity contribution in [3.8, 4) is 0 Å². The molecule has 2 aromatic carbocycles. The Bertz CT molecular complexity index is 534. The first-order valence-electron chi connectivity index (χ1n) is 5.54. The van der Waals surface area contributed by atoms with Crippen LogP contribution < -0.4 is 0 Å². The SMILES string of the molecule is Cc1ccc(C)c(C(Cl)c2cccc(I)c2)c1. The summed E-state index contributed by atoms with van der Waals surface area (Å²) in [6, 6.07) is 14.8. The van der Waals surface area contributed by atoms with Crippen molar-refractivity contribution in [1.82, 2.24) is 0 Å². The highest BCUT2D eigenvalue weighted by atomic mass is 127. The molecule has 2 heteroatoms. The Labute approximate surface area is 121 Å². The van der Waals surface area contributed by atoms with Gasteiger partial charge in [-0.2, -0.15) is 0 Å². The van der Waals surface area contributed by atoms with Crippen molar-refractivity contribution in [3.63, 3.8) is 0 Å². The van der Waals surface area contributed by atoms with E-state index in [2.05, 4.69) is 78.9 Å². The molecule has 0 nitrogen and oxygen atoms in total. The maximum absolute atomic E-state index is 6.58. The van der Waals surface area contributed by atoms with Crippen molar-refractivity contribution in [2.24, 2.45) is 0 Å². The fourth-order valence-corrected chi connectivity index (χ4v) is 2.81. The molecule has 17 heavy (non-hydrogen) atoms. The Morgan fingerprint density at radius 2 is 1.82 bits per heavy atom. The van der Waals surface area contributed by atoms with Crippen molar-refractivity contribution in [2.75, 3.05) is 0 Å². The molecule has 0 radical (unpaired) electrons. The average molecular weight is 357 g/mol. The predicted octanol–water partition coefficient (Wildman–Crippen LogP) is 5.24. The first-order chi connectivity index (χ1) is 8.08. The van der Waals surface area contributed by atoms with E-state index in [1.54, 1.807) is 0 Å². The molecule has 0 aromatic heterocycles. The van der Waals surface area contributed by atoms with Crippen molar-refractivity contribution < 1.29 is 0 Å². The lowest BCUT2D eigenvalue weighted by atomic mass is 9.98. The third-order valence-corrected chi connectivity index (χ3v) is 4.01. The van der Waals surface area contributed by atoms with E-state index in [-0.39, 0.29) is 5.38 Å². The summed E-state index contributed by atoms with van der Waals surface area (Å²) < 4.78 is 1.22. The quantitative estimate of drug-likeness (QED) is 0.510. The van der Waals surface area contributed by atoms with Crippen molar-refractivity contribution in [1.29, 1.82) is 0 Å². The highest BCUT2D eigenvalue weighted by molar-refractivity contribution is 14.1. The fraction of sp³-hybridized carbons (Fsp3) is 0.200. The van der Waals surface area contributed by atoms with Crippen LogP contribution in [0.5, 0.6) is 0 Å². The Morgan fingerprint density at radius 3 is 2.53 bits per heavy atom. The maximum Gasteiger partial charge on any atom is 0.0838 e. The van der Waals surface area contributed by atoms with Gasteiger partial charge in [-0.25, -0.2) is 0 Å². The van der Waals surface area contributed by atoms with Crippen LogP contribution in [0.3, 0.4) is 0 Å². The molecule has 0 saturated carbocycles. The zero-order valence-corrected chi connectivity index (χ0v) is 12.8. The van der Waals surface area contributed by atoms with E-state index in [1.165, 1.54) is 20.3 Å². The van der Waals surface area contributed by atoms with E-state index >= 15 is 0 Å². The molecular weight excluding hydrogens is 343 g/mol. The third kappa shape index (κ3) is 3.02. The van der Waals surface area contributed by atoms with Gasteiger partial charge in [0.05, 0.1) is 5.38 Å². The second kappa shape index (κ2) is 5.40. The molecule has 0 fully saturated rings. The molecule has 2 rings (SSSR count). The van der Waals surface area contributed by atoms with Gasteiger partial charge in [-0.05, 0) is 65.3 Å². The van der Waals surface area contributed by atoms with E-state index in [0.29, 0.717) is 0 Å². The Balaban J connectivity index is 2.43. The van der Waals surface area contributed by atoms with Crippen LogP contribution in [0.1, 0.15) is 27.6 Å². The monoisotopic (exact) mass is 356 g/mol. The van der Waals surface area contributed by atoms with Crippen LogP contribution in [0.25, 0.3) is 0 Å². The normalized spacial score (nSPS) is 12.5. The summed E-state index contributed by atoms with van der Waals surface area (Å²) in [4.78, 5) is 0. The lowest BCUT2D eigenvalue weighted by Gasteiger charge is -2.14. The third-order valence-electron chi connectivity index (χ3n) is 2.85. The molecular formula is C15H14ClI. The molecule has 0 bridgehead atoms. The summed E-state index contributed by atoms with van der Waals surface area (Å²) in [7, 11) is 0. The van der Waals surface area contributed by atoms with E-state index in [1.807, 2.05) is 0 Å². The molecule has 0 amide bonds. The number of aryl methyl sites for hydroxylation is 2. The topological polar surface area (TPSA) is 0 Å². The molecule has 0 aliphatic carbocycles. The maximum atomic E-state index is 6.58. The summed E-state index contributed by atoms with van der Waals surface area (Å²) in [5.41, 5.74) is 4.86. The molecule has 1 atom stereocenters. The highest BCUT2D eigenvalue weighted by Crippen LogP contribution is 2.32. The molecule has 88 valence electrons. The molecule has 0 aliphatic rings. The average Bonchev–Trinajstić information content (AvgIpc) is 2.31. The molecule has 1 unspecified atom stereocenters. The zero-order chi connectivity index (χ0) is 12.4. The molecule has 0 aliphatic heterocycles. The van der Waals surface area contributed by atoms with Crippen LogP contribution in [-0.4, -0.2) is 0 Å². The van der Waals surface area contributed by atoms with Gasteiger partial charge in [0, 0.05) is 3.57 Å². The first-order valence-corrected chi connectivity index (χ1v) is 7.06. The van der Waals surface area contributed by atoms with Gasteiger partial charge in [0.25, 0.3) is 0 Å². The number of rotatable bonds is 2. The molecule has 0 N–H and O–H groups in total. The molecule has 0 spiro atoms. The van der Waals surface area contributed by atoms with Gasteiger partial charge in [-0.1, -0.05) is 35.9 Å². The number of hydrogen-bond donors (Lipinski definition) is 0. The van der Waals surface area contributed by atoms with Crippen LogP contribution >= 0.6 is 34.2 Å². The summed E-state index contributed by atoms with van der Waals surface area (Å²) >= 11 is 8.89. The minimum atomic E-state index is -0.0652. The van der Waals surface area contributed by atoms with Crippen molar-refractivity contribution in [3.05, 3.63) is 68.3 Å². The second-order valence-corrected chi connectivity index (χ2v) is 5.96. The summed E-state index contributed by atoms with van der Waals surface area (Å²) in [6.45, 7) is 4.21. The predicted molar refractivity (Wildman–Crippen MR) is 82.8 cm³/mol. The van der Waals surface area contributed by atoms with Crippen molar-refractivity contribution in [2.45, 2.75) is 19.2 Å². The van der Waals surface area contributed by atoms with Gasteiger partial charge < -0.3 is 0 Å². The van der Waals surface area contributed by atoms with Gasteiger partial charge >= 0.3 is 0 Å². The summed E-state index contributed by atoms with van der Waals surface area (Å²) in [5, 5.41) is -0.0652. The Morgan fingerprint density at radius 1 is 1.06 bits per heavy atom. The Hall–Kier alpha value is -0.540. The van der Waals surface area contributed by atoms with Crippen LogP contribution in [0, 0.1) is 17.4 Å². The zero-order valence-electron chi connectivity index (χ0n) is 9.87. The fourth-order valence-electron chi connectivity index (χ4n) is 1.88. The number of benzene rings is 2. The second-order valence-electron chi connectivity index (χ2n) is 4.28. The van der Waals surface area contributed by atoms with Gasteiger partial charge in [-0.15, -0.1) is 11.6 Å². The number of halogens is 2. The van der Waals surface area contributed by atoms with Crippen LogP contribution in [-0.2, 0) is 0 Å². The molecule has 0 saturated heterocycles. The van der Waals surface area contributed by atoms with Gasteiger partial charge in [0.2, 0.25) is 0 Å². The summed E-state index contributed by atoms with van der Waals surface area (Å²) in [6.07, 6.45) is 0. The van der Waals surface area contributed by atoms with E-state index in [0.717, 1.165) is 5.56 Å². The van der Waals surface area contributed by atoms with Crippen LogP contribution in [0.2, 0.25) is 0 Å². The van der Waals surface area contributed by atoms with Gasteiger partial charge in [0.1, 0.15) is 0 Å². The largest absolute Gasteiger partial charge is 0.113 e. The van der Waals surface area contributed by atoms with E-state index in [4.69, 9.17) is 11.6 Å². The van der Waals surface area contributed by atoms with Gasteiger partial charge in [0.15, 0.2) is 0 Å². The molecule has 0 heterocycles. The summed E-state index contributed by atoms with van der Waals surface area (Å²) in [5.74, 6) is 0. The van der Waals surface area contributed by atoms with Crippen molar-refractivity contribution >= 4 is 34.2 Å². The first kappa shape index (κ1) is 12.9. The number of alkyl halides is 1. The smallest absolute Gasteiger partial charge is 0.0838 e. The highest BCUT2D eigenvalue weighted by Gasteiger charge is 2.13.